The SMILES string of the molecule is CCc1nn(C)cc1CNC(=O)c1ccc(C(N)=S)cc1. The van der Waals surface area contributed by atoms with Crippen LogP contribution in [0.25, 0.3) is 0 Å². The quantitative estimate of drug-likeness (QED) is 0.822. The average Bonchev–Trinajstić information content (AvgIpc) is 2.85. The van der Waals surface area contributed by atoms with Gasteiger partial charge in [-0.1, -0.05) is 31.3 Å². The number of amides is 1. The van der Waals surface area contributed by atoms with Crippen molar-refractivity contribution in [3.8, 4) is 0 Å². The number of thiocarbonyl (C=S) groups is 1. The first kappa shape index (κ1) is 15.2. The van der Waals surface area contributed by atoms with Gasteiger partial charge in [0.25, 0.3) is 5.91 Å². The van der Waals surface area contributed by atoms with Crippen LogP contribution in [-0.2, 0) is 20.0 Å². The van der Waals surface area contributed by atoms with Crippen molar-refractivity contribution in [2.24, 2.45) is 12.8 Å². The molecule has 0 aliphatic carbocycles. The molecule has 0 spiro atoms. The molecule has 110 valence electrons. The topological polar surface area (TPSA) is 72.9 Å². The molecule has 2 aromatic rings. The van der Waals surface area contributed by atoms with Crippen LogP contribution in [0.1, 0.15) is 34.1 Å². The van der Waals surface area contributed by atoms with Crippen LogP contribution in [0.3, 0.4) is 0 Å². The first-order chi connectivity index (χ1) is 10.0. The molecule has 0 aliphatic heterocycles. The first-order valence-electron chi connectivity index (χ1n) is 6.70. The molecule has 5 nitrogen and oxygen atoms in total. The van der Waals surface area contributed by atoms with Gasteiger partial charge in [0, 0.05) is 36.5 Å². The van der Waals surface area contributed by atoms with Gasteiger partial charge in [-0.2, -0.15) is 5.10 Å². The maximum Gasteiger partial charge on any atom is 0.251 e. The fourth-order valence-corrected chi connectivity index (χ4v) is 2.23. The number of nitrogens with two attached hydrogens (primary N) is 1. The molecule has 0 atom stereocenters. The Morgan fingerprint density at radius 1 is 1.33 bits per heavy atom. The Hall–Kier alpha value is -2.21. The van der Waals surface area contributed by atoms with E-state index < -0.39 is 0 Å². The third kappa shape index (κ3) is 3.66. The molecule has 0 saturated heterocycles. The van der Waals surface area contributed by atoms with E-state index in [2.05, 4.69) is 10.4 Å². The Kier molecular flexibility index (Phi) is 4.70. The molecule has 2 rings (SSSR count). The molecule has 6 heteroatoms. The molecule has 0 bridgehead atoms. The zero-order valence-electron chi connectivity index (χ0n) is 12.1. The molecule has 21 heavy (non-hydrogen) atoms. The summed E-state index contributed by atoms with van der Waals surface area (Å²) in [5.41, 5.74) is 8.90. The Morgan fingerprint density at radius 3 is 2.52 bits per heavy atom. The van der Waals surface area contributed by atoms with E-state index in [1.54, 1.807) is 28.9 Å². The van der Waals surface area contributed by atoms with Crippen molar-refractivity contribution in [1.29, 1.82) is 0 Å². The van der Waals surface area contributed by atoms with E-state index in [0.29, 0.717) is 17.1 Å². The summed E-state index contributed by atoms with van der Waals surface area (Å²) in [5, 5.41) is 7.24. The fraction of sp³-hybridized carbons (Fsp3) is 0.267. The Labute approximate surface area is 129 Å². The molecule has 1 heterocycles. The molecule has 0 fully saturated rings. The van der Waals surface area contributed by atoms with Gasteiger partial charge in [0.05, 0.1) is 5.69 Å². The number of benzene rings is 1. The highest BCUT2D eigenvalue weighted by atomic mass is 32.1. The first-order valence-corrected chi connectivity index (χ1v) is 7.11. The third-order valence-electron chi connectivity index (χ3n) is 3.20. The second-order valence-corrected chi connectivity index (χ2v) is 5.19. The fourth-order valence-electron chi connectivity index (χ4n) is 2.09. The average molecular weight is 302 g/mol. The van der Waals surface area contributed by atoms with Gasteiger partial charge in [-0.15, -0.1) is 0 Å². The molecule has 3 N–H and O–H groups in total. The van der Waals surface area contributed by atoms with E-state index in [1.165, 1.54) is 0 Å². The molecule has 0 aliphatic rings. The monoisotopic (exact) mass is 302 g/mol. The van der Waals surface area contributed by atoms with E-state index in [4.69, 9.17) is 18.0 Å². The zero-order valence-corrected chi connectivity index (χ0v) is 12.9. The highest BCUT2D eigenvalue weighted by Gasteiger charge is 2.09. The molecule has 1 aromatic carbocycles. The van der Waals surface area contributed by atoms with E-state index in [0.717, 1.165) is 23.2 Å². The number of hydrogen-bond acceptors (Lipinski definition) is 3. The predicted molar refractivity (Wildman–Crippen MR) is 86.1 cm³/mol. The van der Waals surface area contributed by atoms with Gasteiger partial charge in [-0.25, -0.2) is 0 Å². The molecular weight excluding hydrogens is 284 g/mol. The Morgan fingerprint density at radius 2 is 1.95 bits per heavy atom. The number of nitrogens with zero attached hydrogens (tertiary/aromatic N) is 2. The van der Waals surface area contributed by atoms with Crippen LogP contribution in [-0.4, -0.2) is 20.7 Å². The number of aryl methyl sites for hydroxylation is 2. The lowest BCUT2D eigenvalue weighted by molar-refractivity contribution is 0.0951. The van der Waals surface area contributed by atoms with Gasteiger partial charge >= 0.3 is 0 Å². The van der Waals surface area contributed by atoms with E-state index >= 15 is 0 Å². The van der Waals surface area contributed by atoms with Crippen molar-refractivity contribution in [3.63, 3.8) is 0 Å². The zero-order chi connectivity index (χ0) is 15.4. The summed E-state index contributed by atoms with van der Waals surface area (Å²) in [6.45, 7) is 2.51. The van der Waals surface area contributed by atoms with Gasteiger partial charge in [-0.05, 0) is 18.6 Å². The van der Waals surface area contributed by atoms with Gasteiger partial charge in [-0.3, -0.25) is 9.48 Å². The van der Waals surface area contributed by atoms with Crippen molar-refractivity contribution in [1.82, 2.24) is 15.1 Å². The number of nitrogens with one attached hydrogen (secondary N) is 1. The summed E-state index contributed by atoms with van der Waals surface area (Å²) < 4.78 is 1.76. The van der Waals surface area contributed by atoms with E-state index in [-0.39, 0.29) is 5.91 Å². The lowest BCUT2D eigenvalue weighted by Gasteiger charge is -2.06. The van der Waals surface area contributed by atoms with Crippen LogP contribution < -0.4 is 11.1 Å². The summed E-state index contributed by atoms with van der Waals surface area (Å²) >= 11 is 4.88. The minimum absolute atomic E-state index is 0.129. The number of aromatic nitrogens is 2. The lowest BCUT2D eigenvalue weighted by Crippen LogP contribution is -2.23. The van der Waals surface area contributed by atoms with Gasteiger partial charge < -0.3 is 11.1 Å². The lowest BCUT2D eigenvalue weighted by atomic mass is 10.1. The van der Waals surface area contributed by atoms with Gasteiger partial charge in [0.2, 0.25) is 0 Å². The summed E-state index contributed by atoms with van der Waals surface area (Å²) in [6.07, 6.45) is 2.77. The molecule has 1 amide bonds. The van der Waals surface area contributed by atoms with Crippen LogP contribution in [0.5, 0.6) is 0 Å². The highest BCUT2D eigenvalue weighted by Crippen LogP contribution is 2.08. The maximum absolute atomic E-state index is 12.1. The normalized spacial score (nSPS) is 10.4. The van der Waals surface area contributed by atoms with Crippen LogP contribution >= 0.6 is 12.2 Å². The van der Waals surface area contributed by atoms with Gasteiger partial charge in [0.1, 0.15) is 4.99 Å². The van der Waals surface area contributed by atoms with Crippen molar-refractivity contribution in [2.75, 3.05) is 0 Å². The largest absolute Gasteiger partial charge is 0.389 e. The smallest absolute Gasteiger partial charge is 0.251 e. The third-order valence-corrected chi connectivity index (χ3v) is 3.43. The summed E-state index contributed by atoms with van der Waals surface area (Å²) in [5.74, 6) is -0.129. The standard InChI is InChI=1S/C15H18N4OS/c1-3-13-12(9-19(2)18-13)8-17-15(20)11-6-4-10(5-7-11)14(16)21/h4-7,9H,3,8H2,1-2H3,(H2,16,21)(H,17,20). The number of rotatable bonds is 5. The summed E-state index contributed by atoms with van der Waals surface area (Å²) in [4.78, 5) is 12.4. The van der Waals surface area contributed by atoms with Crippen molar-refractivity contribution in [3.05, 3.63) is 52.8 Å². The van der Waals surface area contributed by atoms with Crippen molar-refractivity contribution in [2.45, 2.75) is 19.9 Å². The number of hydrogen-bond donors (Lipinski definition) is 2. The molecule has 0 radical (unpaired) electrons. The van der Waals surface area contributed by atoms with Crippen LogP contribution in [0.2, 0.25) is 0 Å². The Balaban J connectivity index is 2.02. The molecule has 1 aromatic heterocycles. The summed E-state index contributed by atoms with van der Waals surface area (Å²) in [6, 6.07) is 6.93. The molecule has 0 saturated carbocycles. The second kappa shape index (κ2) is 6.49. The molecule has 0 unspecified atom stereocenters. The van der Waals surface area contributed by atoms with Crippen LogP contribution in [0.4, 0.5) is 0 Å². The van der Waals surface area contributed by atoms with Crippen LogP contribution in [0, 0.1) is 0 Å². The second-order valence-electron chi connectivity index (χ2n) is 4.75. The minimum Gasteiger partial charge on any atom is -0.389 e. The predicted octanol–water partition coefficient (Wildman–Crippen LogP) is 1.55. The van der Waals surface area contributed by atoms with Gasteiger partial charge in [0.15, 0.2) is 0 Å². The maximum atomic E-state index is 12.1. The minimum atomic E-state index is -0.129. The van der Waals surface area contributed by atoms with Crippen molar-refractivity contribution < 1.29 is 4.79 Å². The van der Waals surface area contributed by atoms with Crippen LogP contribution in [0.15, 0.2) is 30.5 Å². The molecular formula is C15H18N4OS. The number of carbonyl (C=O) groups is 1. The van der Waals surface area contributed by atoms with E-state index in [1.807, 2.05) is 20.2 Å². The summed E-state index contributed by atoms with van der Waals surface area (Å²) in [7, 11) is 1.87. The Bertz CT molecular complexity index is 661. The van der Waals surface area contributed by atoms with E-state index in [9.17, 15) is 4.79 Å². The van der Waals surface area contributed by atoms with Crippen molar-refractivity contribution >= 4 is 23.1 Å². The highest BCUT2D eigenvalue weighted by molar-refractivity contribution is 7.80. The number of carbonyl (C=O) groups excluding carboxylic acids is 1.